The van der Waals surface area contributed by atoms with Gasteiger partial charge in [-0.15, -0.1) is 0 Å². The molecule has 0 N–H and O–H groups in total. The molecule has 0 spiro atoms. The van der Waals surface area contributed by atoms with Crippen LogP contribution in [0.3, 0.4) is 0 Å². The highest BCUT2D eigenvalue weighted by Crippen LogP contribution is 2.36. The van der Waals surface area contributed by atoms with Gasteiger partial charge in [0.2, 0.25) is 0 Å². The molecule has 1 saturated heterocycles. The Balaban J connectivity index is 1.79. The molecule has 0 saturated carbocycles. The maximum Gasteiger partial charge on any atom is 0.167 e. The second-order valence-corrected chi connectivity index (χ2v) is 7.20. The van der Waals surface area contributed by atoms with Crippen LogP contribution in [0.15, 0.2) is 30.3 Å². The minimum absolute atomic E-state index is 0.0711. The summed E-state index contributed by atoms with van der Waals surface area (Å²) in [4.78, 5) is 0. The van der Waals surface area contributed by atoms with Gasteiger partial charge in [0.05, 0.1) is 12.7 Å². The number of halogens is 3. The predicted octanol–water partition coefficient (Wildman–Crippen LogP) is 6.74. The summed E-state index contributed by atoms with van der Waals surface area (Å²) in [6.45, 7) is 4.39. The van der Waals surface area contributed by atoms with E-state index in [1.165, 1.54) is 18.6 Å². The molecule has 4 heteroatoms. The molecule has 0 aliphatic carbocycles. The minimum Gasteiger partial charge on any atom is -0.373 e. The Morgan fingerprint density at radius 3 is 2.50 bits per heavy atom. The standard InChI is InChI=1S/C22H25F3O/c1-3-4-5-15-7-11-20(26-13-15)18-10-9-17(21(24)22(18)25)16-8-6-14(2)19(23)12-16/h6,8-10,12,15,20H,3-5,7,11,13H2,1-2H3. The van der Waals surface area contributed by atoms with E-state index in [2.05, 4.69) is 6.92 Å². The molecule has 2 aromatic rings. The van der Waals surface area contributed by atoms with Gasteiger partial charge in [0.1, 0.15) is 5.82 Å². The lowest BCUT2D eigenvalue weighted by molar-refractivity contribution is -0.0217. The number of rotatable bonds is 5. The molecule has 0 bridgehead atoms. The summed E-state index contributed by atoms with van der Waals surface area (Å²) in [7, 11) is 0. The Bertz CT molecular complexity index is 764. The highest BCUT2D eigenvalue weighted by Gasteiger charge is 2.27. The van der Waals surface area contributed by atoms with Crippen LogP contribution in [0, 0.1) is 30.3 Å². The molecule has 2 aromatic carbocycles. The summed E-state index contributed by atoms with van der Waals surface area (Å²) in [5.41, 5.74) is 1.13. The van der Waals surface area contributed by atoms with Gasteiger partial charge in [-0.05, 0) is 49.3 Å². The molecule has 1 fully saturated rings. The van der Waals surface area contributed by atoms with E-state index in [1.807, 2.05) is 0 Å². The quantitative estimate of drug-likeness (QED) is 0.572. The highest BCUT2D eigenvalue weighted by molar-refractivity contribution is 5.65. The van der Waals surface area contributed by atoms with Crippen LogP contribution in [-0.2, 0) is 4.74 Å². The van der Waals surface area contributed by atoms with E-state index >= 15 is 0 Å². The second kappa shape index (κ2) is 8.26. The molecule has 0 amide bonds. The van der Waals surface area contributed by atoms with E-state index in [1.54, 1.807) is 25.1 Å². The number of benzene rings is 2. The third-order valence-corrected chi connectivity index (χ3v) is 5.28. The predicted molar refractivity (Wildman–Crippen MR) is 97.4 cm³/mol. The summed E-state index contributed by atoms with van der Waals surface area (Å²) in [5, 5.41) is 0. The molecule has 2 atom stereocenters. The number of unbranched alkanes of at least 4 members (excludes halogenated alkanes) is 1. The fourth-order valence-corrected chi connectivity index (χ4v) is 3.57. The smallest absolute Gasteiger partial charge is 0.167 e. The van der Waals surface area contributed by atoms with E-state index < -0.39 is 23.6 Å². The van der Waals surface area contributed by atoms with Crippen molar-refractivity contribution in [1.29, 1.82) is 0 Å². The average Bonchev–Trinajstić information content (AvgIpc) is 2.65. The van der Waals surface area contributed by atoms with Crippen LogP contribution in [0.25, 0.3) is 11.1 Å². The Kier molecular flexibility index (Phi) is 6.02. The van der Waals surface area contributed by atoms with Crippen LogP contribution in [0.4, 0.5) is 13.2 Å². The zero-order chi connectivity index (χ0) is 18.7. The fourth-order valence-electron chi connectivity index (χ4n) is 3.57. The van der Waals surface area contributed by atoms with Crippen LogP contribution in [0.1, 0.15) is 56.3 Å². The van der Waals surface area contributed by atoms with Crippen molar-refractivity contribution >= 4 is 0 Å². The van der Waals surface area contributed by atoms with Gasteiger partial charge in [-0.1, -0.05) is 44.0 Å². The summed E-state index contributed by atoms with van der Waals surface area (Å²) < 4.78 is 48.9. The molecule has 1 aliphatic rings. The third kappa shape index (κ3) is 3.96. The molecular weight excluding hydrogens is 337 g/mol. The number of hydrogen-bond acceptors (Lipinski definition) is 1. The van der Waals surface area contributed by atoms with Gasteiger partial charge < -0.3 is 4.74 Å². The lowest BCUT2D eigenvalue weighted by Gasteiger charge is -2.29. The molecule has 1 nitrogen and oxygen atoms in total. The van der Waals surface area contributed by atoms with Gasteiger partial charge in [-0.2, -0.15) is 0 Å². The zero-order valence-electron chi connectivity index (χ0n) is 15.3. The minimum atomic E-state index is -0.942. The van der Waals surface area contributed by atoms with Gasteiger partial charge in [0.15, 0.2) is 11.6 Å². The average molecular weight is 362 g/mol. The summed E-state index contributed by atoms with van der Waals surface area (Å²) >= 11 is 0. The largest absolute Gasteiger partial charge is 0.373 e. The topological polar surface area (TPSA) is 9.23 Å². The van der Waals surface area contributed by atoms with Crippen LogP contribution < -0.4 is 0 Å². The summed E-state index contributed by atoms with van der Waals surface area (Å²) in [6, 6.07) is 7.50. The number of ether oxygens (including phenoxy) is 1. The first kappa shape index (κ1) is 19.0. The highest BCUT2D eigenvalue weighted by atomic mass is 19.2. The first-order chi connectivity index (χ1) is 12.5. The van der Waals surface area contributed by atoms with Crippen molar-refractivity contribution < 1.29 is 17.9 Å². The van der Waals surface area contributed by atoms with E-state index in [9.17, 15) is 13.2 Å². The van der Waals surface area contributed by atoms with Gasteiger partial charge in [0.25, 0.3) is 0 Å². The van der Waals surface area contributed by atoms with Crippen molar-refractivity contribution in [2.24, 2.45) is 5.92 Å². The zero-order valence-corrected chi connectivity index (χ0v) is 15.3. The fraction of sp³-hybridized carbons (Fsp3) is 0.455. The van der Waals surface area contributed by atoms with Gasteiger partial charge in [-0.25, -0.2) is 13.2 Å². The van der Waals surface area contributed by atoms with Crippen molar-refractivity contribution in [1.82, 2.24) is 0 Å². The lowest BCUT2D eigenvalue weighted by atomic mass is 9.90. The molecule has 26 heavy (non-hydrogen) atoms. The van der Waals surface area contributed by atoms with Crippen LogP contribution in [0.5, 0.6) is 0 Å². The van der Waals surface area contributed by atoms with Crippen molar-refractivity contribution in [3.8, 4) is 11.1 Å². The summed E-state index contributed by atoms with van der Waals surface area (Å²) in [5.74, 6) is -1.75. The number of aryl methyl sites for hydroxylation is 1. The number of hydrogen-bond donors (Lipinski definition) is 0. The van der Waals surface area contributed by atoms with Crippen molar-refractivity contribution in [2.45, 2.75) is 52.1 Å². The molecule has 2 unspecified atom stereocenters. The summed E-state index contributed by atoms with van der Waals surface area (Å²) in [6.07, 6.45) is 4.70. The van der Waals surface area contributed by atoms with Crippen LogP contribution >= 0.6 is 0 Å². The van der Waals surface area contributed by atoms with Crippen molar-refractivity contribution in [2.75, 3.05) is 6.61 Å². The first-order valence-corrected chi connectivity index (χ1v) is 9.37. The van der Waals surface area contributed by atoms with Crippen LogP contribution in [0.2, 0.25) is 0 Å². The normalized spacial score (nSPS) is 20.3. The van der Waals surface area contributed by atoms with Crippen LogP contribution in [-0.4, -0.2) is 6.61 Å². The van der Waals surface area contributed by atoms with E-state index in [4.69, 9.17) is 4.74 Å². The molecular formula is C22H25F3O. The SMILES string of the molecule is CCCCC1CCC(c2ccc(-c3ccc(C)c(F)c3)c(F)c2F)OC1. The first-order valence-electron chi connectivity index (χ1n) is 9.37. The molecule has 1 aliphatic heterocycles. The van der Waals surface area contributed by atoms with E-state index in [-0.39, 0.29) is 11.1 Å². The monoisotopic (exact) mass is 362 g/mol. The Morgan fingerprint density at radius 1 is 1.04 bits per heavy atom. The van der Waals surface area contributed by atoms with Gasteiger partial charge >= 0.3 is 0 Å². The van der Waals surface area contributed by atoms with Gasteiger partial charge in [0, 0.05) is 11.1 Å². The van der Waals surface area contributed by atoms with Gasteiger partial charge in [-0.3, -0.25) is 0 Å². The Hall–Kier alpha value is -1.81. The Morgan fingerprint density at radius 2 is 1.85 bits per heavy atom. The lowest BCUT2D eigenvalue weighted by Crippen LogP contribution is -2.21. The molecule has 1 heterocycles. The maximum atomic E-state index is 14.7. The van der Waals surface area contributed by atoms with E-state index in [0.717, 1.165) is 19.3 Å². The molecule has 0 aromatic heterocycles. The maximum absolute atomic E-state index is 14.7. The molecule has 3 rings (SSSR count). The second-order valence-electron chi connectivity index (χ2n) is 7.20. The molecule has 0 radical (unpaired) electrons. The Labute approximate surface area is 153 Å². The van der Waals surface area contributed by atoms with E-state index in [0.29, 0.717) is 30.1 Å². The third-order valence-electron chi connectivity index (χ3n) is 5.28. The van der Waals surface area contributed by atoms with Crippen molar-refractivity contribution in [3.63, 3.8) is 0 Å². The molecule has 140 valence electrons. The van der Waals surface area contributed by atoms with Crippen molar-refractivity contribution in [3.05, 3.63) is 58.9 Å².